The third kappa shape index (κ3) is 5.82. The number of guanidine groups is 1. The Hall–Kier alpha value is -1.62. The number of nitrogens with one attached hydrogen (secondary N) is 2. The lowest BCUT2D eigenvalue weighted by Gasteiger charge is -2.29. The summed E-state index contributed by atoms with van der Waals surface area (Å²) in [5, 5.41) is 6.89. The molecule has 0 amide bonds. The van der Waals surface area contributed by atoms with E-state index in [1.54, 1.807) is 7.11 Å². The molecule has 0 unspecified atom stereocenters. The van der Waals surface area contributed by atoms with Crippen molar-refractivity contribution in [3.05, 3.63) is 30.1 Å². The van der Waals surface area contributed by atoms with E-state index in [9.17, 15) is 0 Å². The smallest absolute Gasteiger partial charge is 0.191 e. The van der Waals surface area contributed by atoms with Crippen molar-refractivity contribution in [2.75, 3.05) is 33.9 Å². The molecule has 0 atom stereocenters. The summed E-state index contributed by atoms with van der Waals surface area (Å²) in [6, 6.07) is 6.02. The van der Waals surface area contributed by atoms with E-state index >= 15 is 0 Å². The molecule has 2 N–H and O–H groups in total. The number of methoxy groups -OCH3 is 1. The summed E-state index contributed by atoms with van der Waals surface area (Å²) in [6.45, 7) is 2.65. The summed E-state index contributed by atoms with van der Waals surface area (Å²) in [6.07, 6.45) is 9.09. The fourth-order valence-electron chi connectivity index (χ4n) is 3.31. The lowest BCUT2D eigenvalue weighted by atomic mass is 9.83. The molecular formula is C18H30N4O. The average Bonchev–Trinajstić information content (AvgIpc) is 3.06. The molecule has 0 spiro atoms. The highest BCUT2D eigenvalue weighted by Crippen LogP contribution is 2.40. The zero-order valence-corrected chi connectivity index (χ0v) is 14.5. The van der Waals surface area contributed by atoms with Crippen LogP contribution in [-0.4, -0.2) is 44.8 Å². The SMILES string of the molecule is CN=C(NCCc1ccccn1)NCC1(CCOC)CCCC1. The molecule has 23 heavy (non-hydrogen) atoms. The molecule has 0 aliphatic heterocycles. The molecule has 2 rings (SSSR count). The highest BCUT2D eigenvalue weighted by Gasteiger charge is 2.33. The van der Waals surface area contributed by atoms with E-state index in [2.05, 4.69) is 26.7 Å². The van der Waals surface area contributed by atoms with Gasteiger partial charge in [0.1, 0.15) is 0 Å². The van der Waals surface area contributed by atoms with Gasteiger partial charge in [-0.25, -0.2) is 0 Å². The predicted molar refractivity (Wildman–Crippen MR) is 94.7 cm³/mol. The van der Waals surface area contributed by atoms with Gasteiger partial charge in [0, 0.05) is 52.2 Å². The molecule has 0 saturated heterocycles. The van der Waals surface area contributed by atoms with Crippen molar-refractivity contribution in [2.45, 2.75) is 38.5 Å². The van der Waals surface area contributed by atoms with Gasteiger partial charge >= 0.3 is 0 Å². The first-order valence-electron chi connectivity index (χ1n) is 8.61. The number of aliphatic imine (C=N–C) groups is 1. The Morgan fingerprint density at radius 2 is 2.13 bits per heavy atom. The number of nitrogens with zero attached hydrogens (tertiary/aromatic N) is 2. The summed E-state index contributed by atoms with van der Waals surface area (Å²) >= 11 is 0. The van der Waals surface area contributed by atoms with Crippen LogP contribution in [0.5, 0.6) is 0 Å². The number of aromatic nitrogens is 1. The fraction of sp³-hybridized carbons (Fsp3) is 0.667. The second-order valence-electron chi connectivity index (χ2n) is 6.37. The molecule has 5 nitrogen and oxygen atoms in total. The molecule has 5 heteroatoms. The molecule has 128 valence electrons. The minimum absolute atomic E-state index is 0.370. The number of ether oxygens (including phenoxy) is 1. The third-order valence-corrected chi connectivity index (χ3v) is 4.75. The van der Waals surface area contributed by atoms with Gasteiger partial charge in [0.15, 0.2) is 5.96 Å². The maximum Gasteiger partial charge on any atom is 0.191 e. The van der Waals surface area contributed by atoms with Gasteiger partial charge in [0.2, 0.25) is 0 Å². The summed E-state index contributed by atoms with van der Waals surface area (Å²) in [4.78, 5) is 8.68. The maximum absolute atomic E-state index is 5.30. The molecule has 1 fully saturated rings. The van der Waals surface area contributed by atoms with E-state index in [-0.39, 0.29) is 0 Å². The second-order valence-corrected chi connectivity index (χ2v) is 6.37. The molecule has 1 saturated carbocycles. The van der Waals surface area contributed by atoms with Crippen LogP contribution in [0.4, 0.5) is 0 Å². The minimum atomic E-state index is 0.370. The first-order chi connectivity index (χ1) is 11.3. The van der Waals surface area contributed by atoms with Crippen LogP contribution < -0.4 is 10.6 Å². The summed E-state index contributed by atoms with van der Waals surface area (Å²) in [5.74, 6) is 0.879. The van der Waals surface area contributed by atoms with Gasteiger partial charge in [-0.2, -0.15) is 0 Å². The molecule has 1 aliphatic carbocycles. The molecule has 0 aromatic carbocycles. The van der Waals surface area contributed by atoms with Crippen molar-refractivity contribution in [3.63, 3.8) is 0 Å². The average molecular weight is 318 g/mol. The predicted octanol–water partition coefficient (Wildman–Crippen LogP) is 2.39. The van der Waals surface area contributed by atoms with E-state index in [1.807, 2.05) is 25.4 Å². The van der Waals surface area contributed by atoms with Crippen LogP contribution in [0.15, 0.2) is 29.4 Å². The second kappa shape index (κ2) is 9.50. The largest absolute Gasteiger partial charge is 0.385 e. The standard InChI is InChI=1S/C18H30N4O/c1-19-17(21-13-8-16-7-3-6-12-20-16)22-15-18(11-14-23-2)9-4-5-10-18/h3,6-7,12H,4-5,8-11,13-15H2,1-2H3,(H2,19,21,22). The minimum Gasteiger partial charge on any atom is -0.385 e. The Bertz CT molecular complexity index is 469. The van der Waals surface area contributed by atoms with E-state index in [0.717, 1.165) is 44.2 Å². The van der Waals surface area contributed by atoms with Crippen molar-refractivity contribution >= 4 is 5.96 Å². The topological polar surface area (TPSA) is 58.5 Å². The molecule has 0 radical (unpaired) electrons. The van der Waals surface area contributed by atoms with Crippen LogP contribution in [0.1, 0.15) is 37.8 Å². The first kappa shape index (κ1) is 17.7. The van der Waals surface area contributed by atoms with E-state index in [4.69, 9.17) is 4.74 Å². The normalized spacial score (nSPS) is 17.2. The van der Waals surface area contributed by atoms with Gasteiger partial charge in [-0.15, -0.1) is 0 Å². The van der Waals surface area contributed by atoms with Gasteiger partial charge in [-0.1, -0.05) is 18.9 Å². The summed E-state index contributed by atoms with van der Waals surface area (Å²) < 4.78 is 5.30. The van der Waals surface area contributed by atoms with Gasteiger partial charge < -0.3 is 15.4 Å². The zero-order valence-electron chi connectivity index (χ0n) is 14.5. The van der Waals surface area contributed by atoms with Gasteiger partial charge in [-0.3, -0.25) is 9.98 Å². The van der Waals surface area contributed by atoms with Gasteiger partial charge in [-0.05, 0) is 36.8 Å². The van der Waals surface area contributed by atoms with Crippen molar-refractivity contribution in [1.82, 2.24) is 15.6 Å². The van der Waals surface area contributed by atoms with Crippen LogP contribution in [0, 0.1) is 5.41 Å². The Kier molecular flexibility index (Phi) is 7.33. The number of rotatable bonds is 8. The van der Waals surface area contributed by atoms with Crippen molar-refractivity contribution < 1.29 is 4.74 Å². The number of pyridine rings is 1. The quantitative estimate of drug-likeness (QED) is 0.571. The Morgan fingerprint density at radius 3 is 2.78 bits per heavy atom. The van der Waals surface area contributed by atoms with Gasteiger partial charge in [0.25, 0.3) is 0 Å². The van der Waals surface area contributed by atoms with Crippen LogP contribution in [0.2, 0.25) is 0 Å². The molecule has 1 aliphatic rings. The highest BCUT2D eigenvalue weighted by molar-refractivity contribution is 5.79. The zero-order chi connectivity index (χ0) is 16.4. The number of hydrogen-bond acceptors (Lipinski definition) is 3. The van der Waals surface area contributed by atoms with E-state index < -0.39 is 0 Å². The Labute approximate surface area is 139 Å². The molecule has 0 bridgehead atoms. The van der Waals surface area contributed by atoms with Crippen LogP contribution in [-0.2, 0) is 11.2 Å². The summed E-state index contributed by atoms with van der Waals surface area (Å²) in [5.41, 5.74) is 1.47. The van der Waals surface area contributed by atoms with Crippen LogP contribution >= 0.6 is 0 Å². The first-order valence-corrected chi connectivity index (χ1v) is 8.61. The fourth-order valence-corrected chi connectivity index (χ4v) is 3.31. The lowest BCUT2D eigenvalue weighted by Crippen LogP contribution is -2.44. The number of hydrogen-bond donors (Lipinski definition) is 2. The van der Waals surface area contributed by atoms with Crippen molar-refractivity contribution in [3.8, 4) is 0 Å². The molecule has 1 aromatic heterocycles. The van der Waals surface area contributed by atoms with Gasteiger partial charge in [0.05, 0.1) is 0 Å². The van der Waals surface area contributed by atoms with E-state index in [0.29, 0.717) is 5.41 Å². The highest BCUT2D eigenvalue weighted by atomic mass is 16.5. The lowest BCUT2D eigenvalue weighted by molar-refractivity contribution is 0.138. The monoisotopic (exact) mass is 318 g/mol. The summed E-state index contributed by atoms with van der Waals surface area (Å²) in [7, 11) is 3.61. The van der Waals surface area contributed by atoms with Crippen LogP contribution in [0.3, 0.4) is 0 Å². The molecular weight excluding hydrogens is 288 g/mol. The van der Waals surface area contributed by atoms with E-state index in [1.165, 1.54) is 25.7 Å². The third-order valence-electron chi connectivity index (χ3n) is 4.75. The van der Waals surface area contributed by atoms with Crippen molar-refractivity contribution in [2.24, 2.45) is 10.4 Å². The molecule has 1 aromatic rings. The Balaban J connectivity index is 1.75. The Morgan fingerprint density at radius 1 is 1.30 bits per heavy atom. The molecule has 1 heterocycles. The van der Waals surface area contributed by atoms with Crippen molar-refractivity contribution in [1.29, 1.82) is 0 Å². The maximum atomic E-state index is 5.30. The van der Waals surface area contributed by atoms with Crippen LogP contribution in [0.25, 0.3) is 0 Å².